The maximum atomic E-state index is 13.9. The van der Waals surface area contributed by atoms with Crippen molar-refractivity contribution >= 4 is 10.9 Å². The molecule has 7 heteroatoms. The molecule has 0 spiro atoms. The normalized spacial score (nSPS) is 11.1. The Morgan fingerprint density at radius 3 is 2.43 bits per heavy atom. The van der Waals surface area contributed by atoms with E-state index >= 15 is 0 Å². The average molecular weight is 319 g/mol. The van der Waals surface area contributed by atoms with E-state index in [1.165, 1.54) is 18.2 Å². The molecule has 0 saturated heterocycles. The van der Waals surface area contributed by atoms with Crippen LogP contribution in [0.15, 0.2) is 41.2 Å². The van der Waals surface area contributed by atoms with Crippen LogP contribution in [0.1, 0.15) is 5.82 Å². The van der Waals surface area contributed by atoms with Crippen molar-refractivity contribution in [1.82, 2.24) is 9.55 Å². The number of hydrogen-bond acceptors (Lipinski definition) is 3. The lowest BCUT2D eigenvalue weighted by molar-refractivity contribution is 0.580. The highest BCUT2D eigenvalue weighted by Gasteiger charge is 2.15. The number of fused-ring (bicyclic) bond motifs is 1. The zero-order valence-electron chi connectivity index (χ0n) is 11.9. The molecule has 4 nitrogen and oxygen atoms in total. The number of rotatable bonds is 3. The summed E-state index contributed by atoms with van der Waals surface area (Å²) in [5, 5.41) is 0.0236. The molecule has 0 amide bonds. The van der Waals surface area contributed by atoms with E-state index in [-0.39, 0.29) is 35.4 Å². The number of halogens is 3. The zero-order chi connectivity index (χ0) is 16.6. The fourth-order valence-corrected chi connectivity index (χ4v) is 2.45. The summed E-state index contributed by atoms with van der Waals surface area (Å²) >= 11 is 0. The number of benzene rings is 2. The third-order valence-electron chi connectivity index (χ3n) is 3.39. The lowest BCUT2D eigenvalue weighted by Crippen LogP contribution is -2.26. The first-order chi connectivity index (χ1) is 11.0. The quantitative estimate of drug-likeness (QED) is 0.806. The predicted octanol–water partition coefficient (Wildman–Crippen LogP) is 2.30. The third-order valence-corrected chi connectivity index (χ3v) is 3.39. The molecule has 2 N–H and O–H groups in total. The first-order valence-corrected chi connectivity index (χ1v) is 6.88. The maximum Gasteiger partial charge on any atom is 0.266 e. The van der Waals surface area contributed by atoms with Gasteiger partial charge in [-0.1, -0.05) is 6.07 Å². The molecular weight excluding hydrogens is 307 g/mol. The van der Waals surface area contributed by atoms with Gasteiger partial charge in [0, 0.05) is 12.5 Å². The largest absolute Gasteiger partial charge is 0.330 e. The summed E-state index contributed by atoms with van der Waals surface area (Å²) in [7, 11) is 0. The molecule has 0 fully saturated rings. The summed E-state index contributed by atoms with van der Waals surface area (Å²) in [6.07, 6.45) is 0.150. The molecule has 0 radical (unpaired) electrons. The summed E-state index contributed by atoms with van der Waals surface area (Å²) in [5.74, 6) is -2.16. The SMILES string of the molecule is NCCc1nc2c(F)cccc2c(=O)n1-c1cc(F)cc(F)c1. The van der Waals surface area contributed by atoms with Gasteiger partial charge in [-0.3, -0.25) is 9.36 Å². The van der Waals surface area contributed by atoms with Gasteiger partial charge < -0.3 is 5.73 Å². The minimum Gasteiger partial charge on any atom is -0.330 e. The molecule has 0 unspecified atom stereocenters. The first kappa shape index (κ1) is 15.2. The Balaban J connectivity index is 2.40. The average Bonchev–Trinajstić information content (AvgIpc) is 2.48. The van der Waals surface area contributed by atoms with Crippen LogP contribution in [0.25, 0.3) is 16.6 Å². The van der Waals surface area contributed by atoms with Crippen LogP contribution in [0, 0.1) is 17.5 Å². The van der Waals surface area contributed by atoms with Crippen LogP contribution in [0.4, 0.5) is 13.2 Å². The number of aromatic nitrogens is 2. The molecule has 3 aromatic rings. The van der Waals surface area contributed by atoms with Gasteiger partial charge in [0.25, 0.3) is 5.56 Å². The lowest BCUT2D eigenvalue weighted by atomic mass is 10.2. The van der Waals surface area contributed by atoms with Crippen molar-refractivity contribution in [3.8, 4) is 5.69 Å². The molecule has 118 valence electrons. The van der Waals surface area contributed by atoms with E-state index in [1.54, 1.807) is 0 Å². The van der Waals surface area contributed by atoms with Gasteiger partial charge in [0.1, 0.15) is 28.8 Å². The molecule has 2 aromatic carbocycles. The van der Waals surface area contributed by atoms with E-state index < -0.39 is 23.0 Å². The highest BCUT2D eigenvalue weighted by Crippen LogP contribution is 2.17. The molecule has 1 heterocycles. The molecule has 0 bridgehead atoms. The molecule has 3 rings (SSSR count). The van der Waals surface area contributed by atoms with Gasteiger partial charge in [-0.2, -0.15) is 0 Å². The molecule has 0 atom stereocenters. The van der Waals surface area contributed by atoms with E-state index in [4.69, 9.17) is 5.73 Å². The van der Waals surface area contributed by atoms with Crippen LogP contribution >= 0.6 is 0 Å². The van der Waals surface area contributed by atoms with Crippen molar-refractivity contribution in [3.63, 3.8) is 0 Å². The zero-order valence-corrected chi connectivity index (χ0v) is 11.9. The standard InChI is InChI=1S/C16H12F3N3O/c17-9-6-10(18)8-11(7-9)22-14(4-5-20)21-15-12(16(22)23)2-1-3-13(15)19/h1-3,6-8H,4-5,20H2. The van der Waals surface area contributed by atoms with E-state index in [9.17, 15) is 18.0 Å². The topological polar surface area (TPSA) is 60.9 Å². The second-order valence-corrected chi connectivity index (χ2v) is 4.97. The minimum absolute atomic E-state index is 0.0189. The van der Waals surface area contributed by atoms with E-state index in [2.05, 4.69) is 4.98 Å². The fourth-order valence-electron chi connectivity index (χ4n) is 2.45. The van der Waals surface area contributed by atoms with Crippen molar-refractivity contribution in [1.29, 1.82) is 0 Å². The molecular formula is C16H12F3N3O. The Labute approximate surface area is 129 Å². The molecule has 23 heavy (non-hydrogen) atoms. The van der Waals surface area contributed by atoms with E-state index in [1.807, 2.05) is 0 Å². The second-order valence-electron chi connectivity index (χ2n) is 4.97. The molecule has 0 saturated carbocycles. The maximum absolute atomic E-state index is 13.9. The number of nitrogens with two attached hydrogens (primary N) is 1. The van der Waals surface area contributed by atoms with Gasteiger partial charge in [-0.25, -0.2) is 18.2 Å². The molecule has 0 aliphatic rings. The lowest BCUT2D eigenvalue weighted by Gasteiger charge is -2.13. The predicted molar refractivity (Wildman–Crippen MR) is 80.0 cm³/mol. The van der Waals surface area contributed by atoms with Crippen LogP contribution in [-0.4, -0.2) is 16.1 Å². The molecule has 0 aliphatic heterocycles. The summed E-state index contributed by atoms with van der Waals surface area (Å²) < 4.78 is 41.9. The van der Waals surface area contributed by atoms with Crippen molar-refractivity contribution in [2.45, 2.75) is 6.42 Å². The van der Waals surface area contributed by atoms with Crippen LogP contribution in [0.3, 0.4) is 0 Å². The number of nitrogens with zero attached hydrogens (tertiary/aromatic N) is 2. The van der Waals surface area contributed by atoms with Crippen LogP contribution in [0.5, 0.6) is 0 Å². The fraction of sp³-hybridized carbons (Fsp3) is 0.125. The Morgan fingerprint density at radius 1 is 1.09 bits per heavy atom. The summed E-state index contributed by atoms with van der Waals surface area (Å²) in [6, 6.07) is 6.69. The Hall–Kier alpha value is -2.67. The summed E-state index contributed by atoms with van der Waals surface area (Å²) in [6.45, 7) is 0.143. The Morgan fingerprint density at radius 2 is 1.78 bits per heavy atom. The summed E-state index contributed by atoms with van der Waals surface area (Å²) in [4.78, 5) is 16.8. The van der Waals surface area contributed by atoms with E-state index in [0.29, 0.717) is 6.07 Å². The minimum atomic E-state index is -0.829. The van der Waals surface area contributed by atoms with Gasteiger partial charge in [0.15, 0.2) is 0 Å². The number of para-hydroxylation sites is 1. The Kier molecular flexibility index (Phi) is 3.87. The monoisotopic (exact) mass is 319 g/mol. The molecule has 0 aliphatic carbocycles. The molecule has 1 aromatic heterocycles. The summed E-state index contributed by atoms with van der Waals surface area (Å²) in [5.41, 5.74) is 4.79. The second kappa shape index (κ2) is 5.85. The van der Waals surface area contributed by atoms with E-state index in [0.717, 1.165) is 16.7 Å². The van der Waals surface area contributed by atoms with Gasteiger partial charge in [0.2, 0.25) is 0 Å². The van der Waals surface area contributed by atoms with Crippen LogP contribution in [-0.2, 0) is 6.42 Å². The van der Waals surface area contributed by atoms with Crippen molar-refractivity contribution in [3.05, 3.63) is 70.0 Å². The van der Waals surface area contributed by atoms with Crippen molar-refractivity contribution < 1.29 is 13.2 Å². The van der Waals surface area contributed by atoms with Gasteiger partial charge in [-0.05, 0) is 30.8 Å². The van der Waals surface area contributed by atoms with Crippen molar-refractivity contribution in [2.24, 2.45) is 5.73 Å². The van der Waals surface area contributed by atoms with Gasteiger partial charge in [0.05, 0.1) is 11.1 Å². The van der Waals surface area contributed by atoms with Gasteiger partial charge >= 0.3 is 0 Å². The highest BCUT2D eigenvalue weighted by atomic mass is 19.1. The number of hydrogen-bond donors (Lipinski definition) is 1. The van der Waals surface area contributed by atoms with Gasteiger partial charge in [-0.15, -0.1) is 0 Å². The van der Waals surface area contributed by atoms with Crippen LogP contribution in [0.2, 0.25) is 0 Å². The smallest absolute Gasteiger partial charge is 0.266 e. The van der Waals surface area contributed by atoms with Crippen LogP contribution < -0.4 is 11.3 Å². The third kappa shape index (κ3) is 2.70. The highest BCUT2D eigenvalue weighted by molar-refractivity contribution is 5.78. The first-order valence-electron chi connectivity index (χ1n) is 6.88. The Bertz CT molecular complexity index is 933. The van der Waals surface area contributed by atoms with Crippen molar-refractivity contribution in [2.75, 3.05) is 6.54 Å².